The first-order valence-electron chi connectivity index (χ1n) is 10.2. The minimum atomic E-state index is -1.23. The van der Waals surface area contributed by atoms with Gasteiger partial charge in [-0.2, -0.15) is 0 Å². The van der Waals surface area contributed by atoms with Crippen LogP contribution in [-0.4, -0.2) is 106 Å². The molecule has 0 saturated carbocycles. The van der Waals surface area contributed by atoms with Gasteiger partial charge in [0.05, 0.1) is 75.5 Å². The van der Waals surface area contributed by atoms with E-state index in [-0.39, 0.29) is 19.8 Å². The van der Waals surface area contributed by atoms with Gasteiger partial charge in [-0.15, -0.1) is 0 Å². The number of carboxylic acids is 4. The van der Waals surface area contributed by atoms with Crippen molar-refractivity contribution in [3.63, 3.8) is 0 Å². The molecule has 15 heteroatoms. The standard InChI is InChI=1S/C6H14O3.C5H12O4.4C3H4O2/c1-2-6(3-7,4-8)5-9;6-1-5(2-7,3-8)4-9;4*1-2-3(4)5/h7-9H,2-5H2,1H3;6-9H,1-4H2;4*2H,1H2,(H,4,5)/p-4. The van der Waals surface area contributed by atoms with Gasteiger partial charge in [0.1, 0.15) is 0 Å². The second-order valence-electron chi connectivity index (χ2n) is 6.55. The Morgan fingerprint density at radius 2 is 0.632 bits per heavy atom. The molecule has 0 fully saturated rings. The van der Waals surface area contributed by atoms with Crippen LogP contribution in [0, 0.1) is 10.8 Å². The summed E-state index contributed by atoms with van der Waals surface area (Å²) in [6.07, 6.45) is 3.48. The molecule has 0 aliphatic rings. The Morgan fingerprint density at radius 3 is 0.632 bits per heavy atom. The molecule has 0 radical (unpaired) electrons. The Balaban J connectivity index is -0.0000000829. The summed E-state index contributed by atoms with van der Waals surface area (Å²) in [5, 5.41) is 96.5. The van der Waals surface area contributed by atoms with E-state index in [0.717, 1.165) is 24.3 Å². The molecule has 0 aliphatic carbocycles. The number of hydrogen-bond acceptors (Lipinski definition) is 15. The van der Waals surface area contributed by atoms with E-state index in [4.69, 9.17) is 75.3 Å². The molecule has 0 atom stereocenters. The summed E-state index contributed by atoms with van der Waals surface area (Å²) in [6.45, 7) is 11.3. The molecule has 15 nitrogen and oxygen atoms in total. The van der Waals surface area contributed by atoms with Crippen LogP contribution in [0.2, 0.25) is 0 Å². The fourth-order valence-electron chi connectivity index (χ4n) is 0.785. The summed E-state index contributed by atoms with van der Waals surface area (Å²) in [5.74, 6) is -4.93. The van der Waals surface area contributed by atoms with Gasteiger partial charge in [0.15, 0.2) is 0 Å². The minimum absolute atomic E-state index is 0.156. The predicted molar refractivity (Wildman–Crippen MR) is 126 cm³/mol. The third kappa shape index (κ3) is 39.8. The zero-order valence-electron chi connectivity index (χ0n) is 21.2. The molecule has 0 heterocycles. The maximum atomic E-state index is 9.14. The van der Waals surface area contributed by atoms with Gasteiger partial charge in [-0.25, -0.2) is 0 Å². The molecule has 0 aromatic rings. The quantitative estimate of drug-likeness (QED) is 0.110. The number of aliphatic carboxylic acids is 4. The molecular weight excluding hydrogens is 516 g/mol. The molecule has 0 unspecified atom stereocenters. The van der Waals surface area contributed by atoms with Crippen LogP contribution in [0.5, 0.6) is 0 Å². The number of aliphatic hydroxyl groups excluding tert-OH is 7. The molecule has 0 aliphatic heterocycles. The zero-order chi connectivity index (χ0) is 31.8. The number of hydrogen-bond donors (Lipinski definition) is 7. The zero-order valence-corrected chi connectivity index (χ0v) is 21.2. The highest BCUT2D eigenvalue weighted by Gasteiger charge is 2.26. The highest BCUT2D eigenvalue weighted by molar-refractivity contribution is 5.77. The first kappa shape index (κ1) is 47.7. The van der Waals surface area contributed by atoms with Crippen molar-refractivity contribution in [1.29, 1.82) is 0 Å². The van der Waals surface area contributed by atoms with Gasteiger partial charge in [-0.05, 0) is 30.7 Å². The smallest absolute Gasteiger partial charge is 0.0636 e. The number of carbonyl (C=O) groups is 4. The SMILES string of the molecule is C=CC(=O)[O-].C=CC(=O)[O-].C=CC(=O)[O-].C=CC(=O)[O-].CCC(CO)(CO)CO.OCC(CO)(CO)CO. The second kappa shape index (κ2) is 33.6. The molecular formula is C23H38O15-4. The van der Waals surface area contributed by atoms with Crippen LogP contribution in [0.4, 0.5) is 0 Å². The van der Waals surface area contributed by atoms with Crippen LogP contribution in [0.15, 0.2) is 50.6 Å². The van der Waals surface area contributed by atoms with Crippen molar-refractivity contribution >= 4 is 23.9 Å². The lowest BCUT2D eigenvalue weighted by Crippen LogP contribution is -2.37. The van der Waals surface area contributed by atoms with Gasteiger partial charge in [-0.1, -0.05) is 33.2 Å². The van der Waals surface area contributed by atoms with E-state index in [2.05, 4.69) is 26.3 Å². The Morgan fingerprint density at radius 1 is 0.500 bits per heavy atom. The highest BCUT2D eigenvalue weighted by Crippen LogP contribution is 2.18. The third-order valence-corrected chi connectivity index (χ3v) is 3.76. The third-order valence-electron chi connectivity index (χ3n) is 3.76. The van der Waals surface area contributed by atoms with Gasteiger partial charge in [0.2, 0.25) is 0 Å². The van der Waals surface area contributed by atoms with Crippen molar-refractivity contribution in [2.45, 2.75) is 13.3 Å². The molecule has 38 heavy (non-hydrogen) atoms. The number of carbonyl (C=O) groups excluding carboxylic acids is 4. The van der Waals surface area contributed by atoms with Crippen LogP contribution in [0.1, 0.15) is 13.3 Å². The van der Waals surface area contributed by atoms with Gasteiger partial charge < -0.3 is 75.3 Å². The lowest BCUT2D eigenvalue weighted by atomic mass is 9.88. The predicted octanol–water partition coefficient (Wildman–Crippen LogP) is -7.01. The van der Waals surface area contributed by atoms with E-state index in [1.165, 1.54) is 0 Å². The fourth-order valence-corrected chi connectivity index (χ4v) is 0.785. The molecule has 0 aromatic carbocycles. The summed E-state index contributed by atoms with van der Waals surface area (Å²) in [5.41, 5.74) is -1.78. The van der Waals surface area contributed by atoms with Crippen molar-refractivity contribution < 1.29 is 75.3 Å². The van der Waals surface area contributed by atoms with E-state index in [1.807, 2.05) is 6.92 Å². The largest absolute Gasteiger partial charge is 0.545 e. The monoisotopic (exact) mass is 554 g/mol. The van der Waals surface area contributed by atoms with E-state index >= 15 is 0 Å². The average molecular weight is 555 g/mol. The van der Waals surface area contributed by atoms with Crippen LogP contribution < -0.4 is 20.4 Å². The lowest BCUT2D eigenvalue weighted by Gasteiger charge is -2.24. The number of rotatable bonds is 12. The molecule has 0 rings (SSSR count). The summed E-state index contributed by atoms with van der Waals surface area (Å²) in [7, 11) is 0. The molecule has 0 spiro atoms. The average Bonchev–Trinajstić information content (AvgIpc) is 2.93. The summed E-state index contributed by atoms with van der Waals surface area (Å²) < 4.78 is 0. The molecule has 224 valence electrons. The van der Waals surface area contributed by atoms with Gasteiger partial charge >= 0.3 is 0 Å². The van der Waals surface area contributed by atoms with E-state index in [9.17, 15) is 0 Å². The van der Waals surface area contributed by atoms with Crippen molar-refractivity contribution in [2.24, 2.45) is 10.8 Å². The molecule has 7 N–H and O–H groups in total. The van der Waals surface area contributed by atoms with E-state index in [0.29, 0.717) is 6.42 Å². The maximum absolute atomic E-state index is 9.14. The van der Waals surface area contributed by atoms with Gasteiger partial charge in [0, 0.05) is 5.41 Å². The maximum Gasteiger partial charge on any atom is 0.0636 e. The number of carboxylic acid groups (broad SMARTS) is 4. The van der Waals surface area contributed by atoms with Crippen molar-refractivity contribution in [3.05, 3.63) is 50.6 Å². The van der Waals surface area contributed by atoms with E-state index < -0.39 is 61.1 Å². The lowest BCUT2D eigenvalue weighted by molar-refractivity contribution is -0.298. The van der Waals surface area contributed by atoms with Crippen molar-refractivity contribution in [1.82, 2.24) is 0 Å². The Kier molecular flexibility index (Phi) is 42.1. The molecule has 0 amide bonds. The molecule has 0 bridgehead atoms. The van der Waals surface area contributed by atoms with Gasteiger partial charge in [0.25, 0.3) is 0 Å². The summed E-state index contributed by atoms with van der Waals surface area (Å²) >= 11 is 0. The van der Waals surface area contributed by atoms with Crippen LogP contribution >= 0.6 is 0 Å². The Labute approximate surface area is 220 Å². The first-order valence-corrected chi connectivity index (χ1v) is 10.2. The van der Waals surface area contributed by atoms with E-state index in [1.54, 1.807) is 0 Å². The topological polar surface area (TPSA) is 302 Å². The second-order valence-corrected chi connectivity index (χ2v) is 6.55. The van der Waals surface area contributed by atoms with Crippen molar-refractivity contribution in [3.8, 4) is 0 Å². The van der Waals surface area contributed by atoms with Crippen molar-refractivity contribution in [2.75, 3.05) is 46.2 Å². The fraction of sp³-hybridized carbons (Fsp3) is 0.478. The summed E-state index contributed by atoms with van der Waals surface area (Å²) in [4.78, 5) is 36.6. The Hall–Kier alpha value is -3.44. The minimum Gasteiger partial charge on any atom is -0.545 e. The van der Waals surface area contributed by atoms with Crippen LogP contribution in [-0.2, 0) is 19.2 Å². The van der Waals surface area contributed by atoms with Crippen LogP contribution in [0.3, 0.4) is 0 Å². The summed E-state index contributed by atoms with van der Waals surface area (Å²) in [6, 6.07) is 0. The molecule has 0 saturated heterocycles. The highest BCUT2D eigenvalue weighted by atomic mass is 16.4. The van der Waals surface area contributed by atoms with Crippen LogP contribution in [0.25, 0.3) is 0 Å². The van der Waals surface area contributed by atoms with Gasteiger partial charge in [-0.3, -0.25) is 0 Å². The Bertz CT molecular complexity index is 524. The molecule has 0 aromatic heterocycles. The normalized spacial score (nSPS) is 9.05. The first-order chi connectivity index (χ1) is 17.6. The number of aliphatic hydroxyl groups is 7.